The molecular formula is C22H23N3O10. The summed E-state index contributed by atoms with van der Waals surface area (Å²) in [4.78, 5) is 46.9. The summed E-state index contributed by atoms with van der Waals surface area (Å²) in [7, 11) is 0. The van der Waals surface area contributed by atoms with E-state index in [4.69, 9.17) is 18.9 Å². The van der Waals surface area contributed by atoms with E-state index < -0.39 is 21.8 Å². The fourth-order valence-electron chi connectivity index (χ4n) is 3.26. The Kier molecular flexibility index (Phi) is 9.17. The zero-order chi connectivity index (χ0) is 25.2. The van der Waals surface area contributed by atoms with Crippen LogP contribution in [0, 0.1) is 20.2 Å². The highest BCUT2D eigenvalue weighted by Crippen LogP contribution is 2.33. The Bertz CT molecular complexity index is 1020. The van der Waals surface area contributed by atoms with Gasteiger partial charge in [-0.25, -0.2) is 9.59 Å². The number of hydrogen-bond donors (Lipinski definition) is 1. The van der Waals surface area contributed by atoms with Crippen molar-refractivity contribution in [1.82, 2.24) is 5.32 Å². The lowest BCUT2D eigenvalue weighted by Crippen LogP contribution is -2.25. The Morgan fingerprint density at radius 3 is 1.46 bits per heavy atom. The predicted molar refractivity (Wildman–Crippen MR) is 120 cm³/mol. The summed E-state index contributed by atoms with van der Waals surface area (Å²) < 4.78 is 21.2. The summed E-state index contributed by atoms with van der Waals surface area (Å²) in [6, 6.07) is 6.91. The minimum Gasteiger partial charge on any atom is -0.460 e. The van der Waals surface area contributed by atoms with Crippen LogP contribution >= 0.6 is 0 Å². The molecule has 3 rings (SSSR count). The van der Waals surface area contributed by atoms with Gasteiger partial charge in [-0.2, -0.15) is 0 Å². The molecule has 2 aromatic carbocycles. The number of cyclic esters (lactones) is 2. The number of benzene rings is 2. The molecular weight excluding hydrogens is 466 g/mol. The highest BCUT2D eigenvalue weighted by Gasteiger charge is 2.25. The van der Waals surface area contributed by atoms with Crippen molar-refractivity contribution in [3.05, 3.63) is 67.8 Å². The maximum absolute atomic E-state index is 12.8. The molecule has 2 aromatic rings. The highest BCUT2D eigenvalue weighted by atomic mass is 16.6. The molecule has 0 aliphatic carbocycles. The third kappa shape index (κ3) is 7.02. The minimum absolute atomic E-state index is 0.100. The van der Waals surface area contributed by atoms with Gasteiger partial charge in [-0.3, -0.25) is 20.2 Å². The normalized spacial score (nSPS) is 16.3. The standard InChI is InChI=1S/C22H23N3O10/c26-21-19-13-15(24(28)29)1-3-17(19)18-4-2-16(25(30)31)14-20(18)22(27)35-12-10-33-8-6-23-5-7-32-9-11-34-21/h1-4,13-14,23H,5-12H2. The number of ether oxygens (including phenoxy) is 4. The van der Waals surface area contributed by atoms with Crippen LogP contribution < -0.4 is 5.32 Å². The molecule has 0 saturated heterocycles. The first kappa shape index (κ1) is 25.7. The number of nitro benzene ring substituents is 2. The molecule has 13 heteroatoms. The number of non-ortho nitro benzene ring substituents is 2. The van der Waals surface area contributed by atoms with Gasteiger partial charge in [0.05, 0.1) is 47.4 Å². The first-order chi connectivity index (χ1) is 16.9. The molecule has 1 heterocycles. The van der Waals surface area contributed by atoms with Crippen molar-refractivity contribution in [1.29, 1.82) is 0 Å². The van der Waals surface area contributed by atoms with Crippen LogP contribution in [-0.2, 0) is 18.9 Å². The van der Waals surface area contributed by atoms with Gasteiger partial charge in [0, 0.05) is 37.4 Å². The Morgan fingerprint density at radius 2 is 1.06 bits per heavy atom. The van der Waals surface area contributed by atoms with Crippen LogP contribution in [0.25, 0.3) is 11.1 Å². The maximum Gasteiger partial charge on any atom is 0.339 e. The maximum atomic E-state index is 12.8. The van der Waals surface area contributed by atoms with Crippen LogP contribution in [0.3, 0.4) is 0 Å². The highest BCUT2D eigenvalue weighted by molar-refractivity contribution is 6.04. The molecule has 0 radical (unpaired) electrons. The van der Waals surface area contributed by atoms with Gasteiger partial charge in [-0.05, 0) is 23.3 Å². The Balaban J connectivity index is 2.04. The van der Waals surface area contributed by atoms with E-state index in [0.29, 0.717) is 26.3 Å². The number of esters is 2. The van der Waals surface area contributed by atoms with Gasteiger partial charge < -0.3 is 24.3 Å². The Labute approximate surface area is 199 Å². The summed E-state index contributed by atoms with van der Waals surface area (Å²) >= 11 is 0. The monoisotopic (exact) mass is 489 g/mol. The van der Waals surface area contributed by atoms with Gasteiger partial charge in [-0.15, -0.1) is 0 Å². The van der Waals surface area contributed by atoms with Crippen molar-refractivity contribution in [2.75, 3.05) is 52.7 Å². The predicted octanol–water partition coefficient (Wildman–Crippen LogP) is 2.12. The second kappa shape index (κ2) is 12.5. The average Bonchev–Trinajstić information content (AvgIpc) is 2.85. The molecule has 1 aliphatic heterocycles. The van der Waals surface area contributed by atoms with Crippen molar-refractivity contribution in [2.24, 2.45) is 0 Å². The summed E-state index contributed by atoms with van der Waals surface area (Å²) in [6.07, 6.45) is 0. The van der Waals surface area contributed by atoms with E-state index in [1.807, 2.05) is 0 Å². The first-order valence-electron chi connectivity index (χ1n) is 10.7. The summed E-state index contributed by atoms with van der Waals surface area (Å²) in [6.45, 7) is 1.78. The zero-order valence-electron chi connectivity index (χ0n) is 18.6. The lowest BCUT2D eigenvalue weighted by Gasteiger charge is -2.14. The van der Waals surface area contributed by atoms with Crippen LogP contribution in [0.1, 0.15) is 20.7 Å². The van der Waals surface area contributed by atoms with Crippen molar-refractivity contribution in [3.63, 3.8) is 0 Å². The first-order valence-corrected chi connectivity index (χ1v) is 10.7. The van der Waals surface area contributed by atoms with Crippen molar-refractivity contribution < 1.29 is 38.4 Å². The number of fused-ring (bicyclic) bond motifs is 3. The van der Waals surface area contributed by atoms with E-state index in [1.165, 1.54) is 12.1 Å². The van der Waals surface area contributed by atoms with Crippen molar-refractivity contribution in [3.8, 4) is 11.1 Å². The molecule has 0 fully saturated rings. The average molecular weight is 489 g/mol. The molecule has 0 spiro atoms. The zero-order valence-corrected chi connectivity index (χ0v) is 18.6. The number of nitro groups is 2. The van der Waals surface area contributed by atoms with Crippen LogP contribution in [0.2, 0.25) is 0 Å². The van der Waals surface area contributed by atoms with Gasteiger partial charge in [-0.1, -0.05) is 0 Å². The molecule has 35 heavy (non-hydrogen) atoms. The summed E-state index contributed by atoms with van der Waals surface area (Å²) in [5.41, 5.74) is -0.896. The van der Waals surface area contributed by atoms with Crippen LogP contribution in [0.15, 0.2) is 36.4 Å². The summed E-state index contributed by atoms with van der Waals surface area (Å²) in [5.74, 6) is -1.76. The SMILES string of the molecule is O=C1OCCOCCNCCOCCOC(=O)c2cc([N+](=O)[O-])ccc2-c2ccc([N+](=O)[O-])cc21. The molecule has 0 unspecified atom stereocenters. The van der Waals surface area contributed by atoms with E-state index >= 15 is 0 Å². The summed E-state index contributed by atoms with van der Waals surface area (Å²) in [5, 5.41) is 25.7. The molecule has 13 nitrogen and oxygen atoms in total. The van der Waals surface area contributed by atoms with Gasteiger partial charge >= 0.3 is 11.9 Å². The Morgan fingerprint density at radius 1 is 0.629 bits per heavy atom. The van der Waals surface area contributed by atoms with Gasteiger partial charge in [0.1, 0.15) is 13.2 Å². The third-order valence-corrected chi connectivity index (χ3v) is 4.93. The van der Waals surface area contributed by atoms with E-state index in [0.717, 1.165) is 24.3 Å². The minimum atomic E-state index is -0.880. The molecule has 0 aromatic heterocycles. The second-order valence-electron chi connectivity index (χ2n) is 7.22. The quantitative estimate of drug-likeness (QED) is 0.372. The number of nitrogens with one attached hydrogen (secondary N) is 1. The largest absolute Gasteiger partial charge is 0.460 e. The third-order valence-electron chi connectivity index (χ3n) is 4.93. The fraction of sp³-hybridized carbons (Fsp3) is 0.364. The van der Waals surface area contributed by atoms with E-state index in [-0.39, 0.29) is 60.1 Å². The van der Waals surface area contributed by atoms with Gasteiger partial charge in [0.15, 0.2) is 0 Å². The molecule has 186 valence electrons. The van der Waals surface area contributed by atoms with Crippen LogP contribution in [-0.4, -0.2) is 74.5 Å². The molecule has 0 bridgehead atoms. The smallest absolute Gasteiger partial charge is 0.339 e. The molecule has 1 N–H and O–H groups in total. The number of carbonyl (C=O) groups is 2. The lowest BCUT2D eigenvalue weighted by atomic mass is 9.94. The number of carbonyl (C=O) groups excluding carboxylic acids is 2. The molecule has 0 saturated carbocycles. The van der Waals surface area contributed by atoms with Crippen molar-refractivity contribution in [2.45, 2.75) is 0 Å². The Hall–Kier alpha value is -3.94. The van der Waals surface area contributed by atoms with E-state index in [1.54, 1.807) is 0 Å². The van der Waals surface area contributed by atoms with E-state index in [2.05, 4.69) is 5.32 Å². The van der Waals surface area contributed by atoms with Gasteiger partial charge in [0.2, 0.25) is 0 Å². The topological polar surface area (TPSA) is 169 Å². The number of hydrogen-bond acceptors (Lipinski definition) is 11. The number of rotatable bonds is 2. The lowest BCUT2D eigenvalue weighted by molar-refractivity contribution is -0.385. The van der Waals surface area contributed by atoms with Crippen LogP contribution in [0.5, 0.6) is 0 Å². The molecule has 1 aliphatic rings. The van der Waals surface area contributed by atoms with Crippen molar-refractivity contribution >= 4 is 23.3 Å². The van der Waals surface area contributed by atoms with Crippen LogP contribution in [0.4, 0.5) is 11.4 Å². The molecule has 0 amide bonds. The van der Waals surface area contributed by atoms with E-state index in [9.17, 15) is 29.8 Å². The number of nitrogens with zero attached hydrogens (tertiary/aromatic N) is 2. The van der Waals surface area contributed by atoms with Gasteiger partial charge in [0.25, 0.3) is 11.4 Å². The second-order valence-corrected chi connectivity index (χ2v) is 7.22. The fourth-order valence-corrected chi connectivity index (χ4v) is 3.26. The molecule has 0 atom stereocenters.